The highest BCUT2D eigenvalue weighted by molar-refractivity contribution is 7.89. The molecule has 1 saturated heterocycles. The third kappa shape index (κ3) is 2.65. The zero-order valence-electron chi connectivity index (χ0n) is 9.51. The summed E-state index contributed by atoms with van der Waals surface area (Å²) in [5, 5.41) is 2.85. The largest absolute Gasteiger partial charge is 0.314 e. The van der Waals surface area contributed by atoms with Gasteiger partial charge in [0.2, 0.25) is 0 Å². The normalized spacial score (nSPS) is 18.2. The zero-order chi connectivity index (χ0) is 13.2. The van der Waals surface area contributed by atoms with Gasteiger partial charge in [-0.25, -0.2) is 22.2 Å². The average Bonchev–Trinajstić information content (AvgIpc) is 2.40. The highest BCUT2D eigenvalue weighted by Crippen LogP contribution is 2.20. The lowest BCUT2D eigenvalue weighted by molar-refractivity contribution is 0.151. The second-order valence-electron chi connectivity index (χ2n) is 3.88. The highest BCUT2D eigenvalue weighted by atomic mass is 32.2. The number of sulfonamides is 1. The minimum atomic E-state index is -3.67. The van der Waals surface area contributed by atoms with Crippen molar-refractivity contribution in [1.82, 2.24) is 14.6 Å². The number of hydrogen-bond donors (Lipinski definition) is 1. The van der Waals surface area contributed by atoms with Gasteiger partial charge in [-0.1, -0.05) is 0 Å². The lowest BCUT2D eigenvalue weighted by Crippen LogP contribution is -2.46. The number of halogens is 2. The van der Waals surface area contributed by atoms with Crippen molar-refractivity contribution < 1.29 is 17.2 Å². The number of piperazine rings is 1. The van der Waals surface area contributed by atoms with Gasteiger partial charge in [-0.15, -0.1) is 0 Å². The van der Waals surface area contributed by atoms with Gasteiger partial charge in [-0.05, 0) is 12.1 Å². The van der Waals surface area contributed by atoms with Crippen LogP contribution < -0.4 is 5.32 Å². The minimum Gasteiger partial charge on any atom is -0.314 e. The Balaban J connectivity index is 2.23. The standard InChI is InChI=1S/C10H13F2N3O2S/c11-10(12)8-1-2-9(14-7-8)18(16,17)15-5-3-13-4-6-15/h1-2,7,10,13H,3-6H2. The lowest BCUT2D eigenvalue weighted by atomic mass is 10.3. The first-order valence-electron chi connectivity index (χ1n) is 5.47. The smallest absolute Gasteiger partial charge is 0.265 e. The van der Waals surface area contributed by atoms with E-state index in [0.717, 1.165) is 18.3 Å². The van der Waals surface area contributed by atoms with E-state index in [2.05, 4.69) is 10.3 Å². The first kappa shape index (κ1) is 13.3. The summed E-state index contributed by atoms with van der Waals surface area (Å²) in [6.07, 6.45) is -1.74. The summed E-state index contributed by atoms with van der Waals surface area (Å²) in [5.41, 5.74) is -0.283. The maximum Gasteiger partial charge on any atom is 0.265 e. The zero-order valence-corrected chi connectivity index (χ0v) is 10.3. The molecule has 1 N–H and O–H groups in total. The Bertz CT molecular complexity index is 498. The molecule has 1 aliphatic heterocycles. The second-order valence-corrected chi connectivity index (χ2v) is 5.77. The molecule has 5 nitrogen and oxygen atoms in total. The summed E-state index contributed by atoms with van der Waals surface area (Å²) in [6, 6.07) is 2.21. The van der Waals surface area contributed by atoms with Gasteiger partial charge >= 0.3 is 0 Å². The van der Waals surface area contributed by atoms with Crippen molar-refractivity contribution in [2.45, 2.75) is 11.5 Å². The quantitative estimate of drug-likeness (QED) is 0.879. The Labute approximate surface area is 104 Å². The molecule has 0 saturated carbocycles. The SMILES string of the molecule is O=S(=O)(c1ccc(C(F)F)cn1)N1CCNCC1. The van der Waals surface area contributed by atoms with E-state index in [0.29, 0.717) is 26.2 Å². The molecular weight excluding hydrogens is 264 g/mol. The Kier molecular flexibility index (Phi) is 3.88. The predicted octanol–water partition coefficient (Wildman–Crippen LogP) is 0.613. The minimum absolute atomic E-state index is 0.186. The van der Waals surface area contributed by atoms with Crippen LogP contribution in [0.5, 0.6) is 0 Å². The van der Waals surface area contributed by atoms with E-state index < -0.39 is 16.4 Å². The molecule has 0 radical (unpaired) electrons. The molecule has 0 unspecified atom stereocenters. The maximum atomic E-state index is 12.3. The Morgan fingerprint density at radius 3 is 2.44 bits per heavy atom. The molecule has 1 aromatic heterocycles. The van der Waals surface area contributed by atoms with Gasteiger partial charge < -0.3 is 5.32 Å². The van der Waals surface area contributed by atoms with Crippen molar-refractivity contribution in [3.63, 3.8) is 0 Å². The van der Waals surface area contributed by atoms with Crippen LogP contribution in [0.4, 0.5) is 8.78 Å². The molecule has 8 heteroatoms. The van der Waals surface area contributed by atoms with Crippen LogP contribution in [0, 0.1) is 0 Å². The van der Waals surface area contributed by atoms with Crippen molar-refractivity contribution in [3.05, 3.63) is 23.9 Å². The molecule has 1 fully saturated rings. The number of rotatable bonds is 3. The lowest BCUT2D eigenvalue weighted by Gasteiger charge is -2.26. The van der Waals surface area contributed by atoms with Gasteiger partial charge in [-0.3, -0.25) is 0 Å². The van der Waals surface area contributed by atoms with Crippen LogP contribution in [0.3, 0.4) is 0 Å². The average molecular weight is 277 g/mol. The highest BCUT2D eigenvalue weighted by Gasteiger charge is 2.27. The van der Waals surface area contributed by atoms with Gasteiger partial charge in [0, 0.05) is 37.9 Å². The monoisotopic (exact) mass is 277 g/mol. The number of aromatic nitrogens is 1. The molecule has 0 atom stereocenters. The molecule has 1 aromatic rings. The van der Waals surface area contributed by atoms with E-state index in [1.165, 1.54) is 4.31 Å². The van der Waals surface area contributed by atoms with E-state index in [9.17, 15) is 17.2 Å². The molecule has 0 amide bonds. The van der Waals surface area contributed by atoms with Crippen LogP contribution in [0.25, 0.3) is 0 Å². The maximum absolute atomic E-state index is 12.3. The molecular formula is C10H13F2N3O2S. The van der Waals surface area contributed by atoms with Crippen molar-refractivity contribution in [3.8, 4) is 0 Å². The molecule has 100 valence electrons. The van der Waals surface area contributed by atoms with Crippen LogP contribution in [0.15, 0.2) is 23.4 Å². The number of alkyl halides is 2. The number of hydrogen-bond acceptors (Lipinski definition) is 4. The number of nitrogens with zero attached hydrogens (tertiary/aromatic N) is 2. The van der Waals surface area contributed by atoms with Crippen molar-refractivity contribution >= 4 is 10.0 Å². The molecule has 1 aliphatic rings. The summed E-state index contributed by atoms with van der Waals surface area (Å²) in [6.45, 7) is 1.88. The first-order chi connectivity index (χ1) is 8.51. The van der Waals surface area contributed by atoms with Crippen molar-refractivity contribution in [1.29, 1.82) is 0 Å². The van der Waals surface area contributed by atoms with E-state index in [4.69, 9.17) is 0 Å². The Hall–Kier alpha value is -1.12. The van der Waals surface area contributed by atoms with Gasteiger partial charge in [0.15, 0.2) is 5.03 Å². The van der Waals surface area contributed by atoms with Gasteiger partial charge in [-0.2, -0.15) is 4.31 Å². The van der Waals surface area contributed by atoms with Crippen LogP contribution in [0.1, 0.15) is 12.0 Å². The Morgan fingerprint density at radius 2 is 1.94 bits per heavy atom. The van der Waals surface area contributed by atoms with Gasteiger partial charge in [0.1, 0.15) is 0 Å². The van der Waals surface area contributed by atoms with Crippen LogP contribution in [-0.4, -0.2) is 43.9 Å². The third-order valence-electron chi connectivity index (χ3n) is 2.69. The van der Waals surface area contributed by atoms with Crippen LogP contribution in [-0.2, 0) is 10.0 Å². The van der Waals surface area contributed by atoms with Crippen molar-refractivity contribution in [2.75, 3.05) is 26.2 Å². The number of pyridine rings is 1. The van der Waals surface area contributed by atoms with Crippen LogP contribution in [0.2, 0.25) is 0 Å². The van der Waals surface area contributed by atoms with E-state index >= 15 is 0 Å². The fraction of sp³-hybridized carbons (Fsp3) is 0.500. The molecule has 0 aliphatic carbocycles. The van der Waals surface area contributed by atoms with Crippen molar-refractivity contribution in [2.24, 2.45) is 0 Å². The first-order valence-corrected chi connectivity index (χ1v) is 6.91. The van der Waals surface area contributed by atoms with E-state index in [-0.39, 0.29) is 10.6 Å². The van der Waals surface area contributed by atoms with Gasteiger partial charge in [0.05, 0.1) is 0 Å². The molecule has 0 spiro atoms. The fourth-order valence-electron chi connectivity index (χ4n) is 1.69. The summed E-state index contributed by atoms with van der Waals surface area (Å²) >= 11 is 0. The molecule has 2 rings (SSSR count). The summed E-state index contributed by atoms with van der Waals surface area (Å²) in [4.78, 5) is 3.62. The third-order valence-corrected chi connectivity index (χ3v) is 4.51. The summed E-state index contributed by atoms with van der Waals surface area (Å²) in [7, 11) is -3.67. The number of nitrogens with one attached hydrogen (secondary N) is 1. The van der Waals surface area contributed by atoms with E-state index in [1.807, 2.05) is 0 Å². The van der Waals surface area contributed by atoms with Crippen LogP contribution >= 0.6 is 0 Å². The second kappa shape index (κ2) is 5.25. The molecule has 0 bridgehead atoms. The molecule has 18 heavy (non-hydrogen) atoms. The summed E-state index contributed by atoms with van der Waals surface area (Å²) < 4.78 is 50.2. The summed E-state index contributed by atoms with van der Waals surface area (Å²) in [5.74, 6) is 0. The van der Waals surface area contributed by atoms with Gasteiger partial charge in [0.25, 0.3) is 16.4 Å². The molecule has 0 aromatic carbocycles. The topological polar surface area (TPSA) is 62.3 Å². The molecule has 2 heterocycles. The Morgan fingerprint density at radius 1 is 1.28 bits per heavy atom. The predicted molar refractivity (Wildman–Crippen MR) is 60.8 cm³/mol. The fourth-order valence-corrected chi connectivity index (χ4v) is 3.04. The van der Waals surface area contributed by atoms with E-state index in [1.54, 1.807) is 0 Å².